The van der Waals surface area contributed by atoms with Gasteiger partial charge in [-0.2, -0.15) is 0 Å². The van der Waals surface area contributed by atoms with Crippen LogP contribution in [0, 0.1) is 11.8 Å². The van der Waals surface area contributed by atoms with Crippen molar-refractivity contribution in [3.05, 3.63) is 48.5 Å². The average Bonchev–Trinajstić information content (AvgIpc) is 3.94. The number of ether oxygens (including phenoxy) is 6. The van der Waals surface area contributed by atoms with Crippen LogP contribution in [0.5, 0.6) is 11.5 Å². The van der Waals surface area contributed by atoms with Gasteiger partial charge in [0.15, 0.2) is 0 Å². The van der Waals surface area contributed by atoms with Crippen molar-refractivity contribution in [3.63, 3.8) is 0 Å². The lowest BCUT2D eigenvalue weighted by Crippen LogP contribution is -2.05. The SMILES string of the molecule is CC(CCCCOc1ccc(-c2ccc(OCCCCC(C)CCCOCC3CO3)cc2)cc1)CCCOCC1CO1. The molecule has 6 heteroatoms. The Kier molecular flexibility index (Phi) is 15.0. The summed E-state index contributed by atoms with van der Waals surface area (Å²) in [6.45, 7) is 11.2. The van der Waals surface area contributed by atoms with Crippen LogP contribution in [0.4, 0.5) is 0 Å². The Balaban J connectivity index is 0.993. The third kappa shape index (κ3) is 14.4. The molecule has 0 bridgehead atoms. The van der Waals surface area contributed by atoms with Crippen molar-refractivity contribution < 1.29 is 28.4 Å². The lowest BCUT2D eigenvalue weighted by atomic mass is 9.99. The van der Waals surface area contributed by atoms with Gasteiger partial charge in [0.05, 0.1) is 39.6 Å². The van der Waals surface area contributed by atoms with Gasteiger partial charge in [0.25, 0.3) is 0 Å². The average molecular weight is 583 g/mol. The van der Waals surface area contributed by atoms with E-state index in [1.54, 1.807) is 0 Å². The van der Waals surface area contributed by atoms with E-state index in [0.717, 1.165) is 102 Å². The molecule has 234 valence electrons. The van der Waals surface area contributed by atoms with Crippen molar-refractivity contribution in [2.45, 2.75) is 90.3 Å². The minimum atomic E-state index is 0.375. The zero-order chi connectivity index (χ0) is 29.2. The van der Waals surface area contributed by atoms with Gasteiger partial charge in [-0.25, -0.2) is 0 Å². The molecule has 2 aliphatic rings. The maximum Gasteiger partial charge on any atom is 0.119 e. The molecule has 4 atom stereocenters. The molecule has 0 aromatic heterocycles. The van der Waals surface area contributed by atoms with Crippen LogP contribution in [0.3, 0.4) is 0 Å². The van der Waals surface area contributed by atoms with E-state index in [2.05, 4.69) is 62.4 Å². The molecular formula is C36H54O6. The molecule has 42 heavy (non-hydrogen) atoms. The first kappa shape index (κ1) is 32.8. The fourth-order valence-electron chi connectivity index (χ4n) is 5.17. The van der Waals surface area contributed by atoms with Crippen LogP contribution in [0.25, 0.3) is 11.1 Å². The summed E-state index contributed by atoms with van der Waals surface area (Å²) in [6.07, 6.45) is 12.6. The maximum absolute atomic E-state index is 6.00. The second kappa shape index (κ2) is 19.2. The van der Waals surface area contributed by atoms with Gasteiger partial charge >= 0.3 is 0 Å². The fraction of sp³-hybridized carbons (Fsp3) is 0.667. The minimum absolute atomic E-state index is 0.375. The Morgan fingerprint density at radius 1 is 0.548 bits per heavy atom. The van der Waals surface area contributed by atoms with E-state index in [0.29, 0.717) is 12.2 Å². The zero-order valence-corrected chi connectivity index (χ0v) is 26.1. The van der Waals surface area contributed by atoms with E-state index in [4.69, 9.17) is 28.4 Å². The van der Waals surface area contributed by atoms with Gasteiger partial charge in [-0.05, 0) is 98.6 Å². The van der Waals surface area contributed by atoms with Gasteiger partial charge < -0.3 is 28.4 Å². The van der Waals surface area contributed by atoms with Crippen LogP contribution >= 0.6 is 0 Å². The predicted octanol–water partition coefficient (Wildman–Crippen LogP) is 8.12. The molecule has 2 fully saturated rings. The summed E-state index contributed by atoms with van der Waals surface area (Å²) in [5.41, 5.74) is 2.38. The van der Waals surface area contributed by atoms with Gasteiger partial charge in [-0.3, -0.25) is 0 Å². The molecule has 2 aromatic carbocycles. The highest BCUT2D eigenvalue weighted by atomic mass is 16.6. The van der Waals surface area contributed by atoms with Crippen molar-refractivity contribution >= 4 is 0 Å². The van der Waals surface area contributed by atoms with Crippen molar-refractivity contribution in [3.8, 4) is 22.6 Å². The van der Waals surface area contributed by atoms with Gasteiger partial charge in [0, 0.05) is 13.2 Å². The molecule has 2 aromatic rings. The summed E-state index contributed by atoms with van der Waals surface area (Å²) in [5.74, 6) is 3.36. The Morgan fingerprint density at radius 2 is 0.929 bits per heavy atom. The number of benzene rings is 2. The first-order chi connectivity index (χ1) is 20.7. The molecule has 4 rings (SSSR count). The lowest BCUT2D eigenvalue weighted by molar-refractivity contribution is 0.110. The molecule has 2 aliphatic heterocycles. The van der Waals surface area contributed by atoms with Crippen LogP contribution < -0.4 is 9.47 Å². The summed E-state index contributed by atoms with van der Waals surface area (Å²) in [6, 6.07) is 16.9. The van der Waals surface area contributed by atoms with Gasteiger partial charge in [0.2, 0.25) is 0 Å². The van der Waals surface area contributed by atoms with Gasteiger partial charge in [0.1, 0.15) is 23.7 Å². The zero-order valence-electron chi connectivity index (χ0n) is 26.1. The van der Waals surface area contributed by atoms with Crippen molar-refractivity contribution in [2.75, 3.05) is 52.9 Å². The van der Waals surface area contributed by atoms with Crippen LogP contribution in [-0.2, 0) is 18.9 Å². The molecule has 2 saturated heterocycles. The number of epoxide rings is 2. The fourth-order valence-corrected chi connectivity index (χ4v) is 5.17. The second-order valence-corrected chi connectivity index (χ2v) is 12.3. The molecule has 0 aliphatic carbocycles. The minimum Gasteiger partial charge on any atom is -0.494 e. The number of unbranched alkanes of at least 4 members (excludes halogenated alkanes) is 2. The van der Waals surface area contributed by atoms with E-state index < -0.39 is 0 Å². The smallest absolute Gasteiger partial charge is 0.119 e. The number of hydrogen-bond donors (Lipinski definition) is 0. The molecule has 0 saturated carbocycles. The Morgan fingerprint density at radius 3 is 1.31 bits per heavy atom. The largest absolute Gasteiger partial charge is 0.494 e. The van der Waals surface area contributed by atoms with Gasteiger partial charge in [-0.1, -0.05) is 51.0 Å². The summed E-state index contributed by atoms with van der Waals surface area (Å²) in [5, 5.41) is 0. The number of hydrogen-bond acceptors (Lipinski definition) is 6. The second-order valence-electron chi connectivity index (χ2n) is 12.3. The standard InChI is InChI=1S/C36H54O6/c1-29(11-7-21-37-25-35-27-41-35)9-3-5-23-39-33-17-13-31(14-18-33)32-15-19-34(20-16-32)40-24-6-4-10-30(2)12-8-22-38-26-36-28-42-36/h13-20,29-30,35-36H,3-12,21-28H2,1-2H3. The maximum atomic E-state index is 6.00. The van der Waals surface area contributed by atoms with Crippen molar-refractivity contribution in [2.24, 2.45) is 11.8 Å². The quantitative estimate of drug-likeness (QED) is 0.0870. The van der Waals surface area contributed by atoms with Crippen molar-refractivity contribution in [1.29, 1.82) is 0 Å². The highest BCUT2D eigenvalue weighted by Gasteiger charge is 2.22. The first-order valence-corrected chi connectivity index (χ1v) is 16.5. The summed E-state index contributed by atoms with van der Waals surface area (Å²) in [7, 11) is 0. The van der Waals surface area contributed by atoms with E-state index in [1.807, 2.05) is 0 Å². The van der Waals surface area contributed by atoms with Crippen LogP contribution in [0.2, 0.25) is 0 Å². The third-order valence-electron chi connectivity index (χ3n) is 8.15. The highest BCUT2D eigenvalue weighted by Crippen LogP contribution is 2.25. The first-order valence-electron chi connectivity index (χ1n) is 16.5. The van der Waals surface area contributed by atoms with E-state index in [1.165, 1.54) is 49.7 Å². The third-order valence-corrected chi connectivity index (χ3v) is 8.15. The Labute approximate surface area is 254 Å². The normalized spacial score (nSPS) is 18.9. The van der Waals surface area contributed by atoms with E-state index >= 15 is 0 Å². The molecule has 4 unspecified atom stereocenters. The summed E-state index contributed by atoms with van der Waals surface area (Å²) in [4.78, 5) is 0. The Bertz CT molecular complexity index is 874. The molecule has 0 radical (unpaired) electrons. The van der Waals surface area contributed by atoms with Crippen LogP contribution in [-0.4, -0.2) is 65.1 Å². The van der Waals surface area contributed by atoms with Crippen LogP contribution in [0.15, 0.2) is 48.5 Å². The highest BCUT2D eigenvalue weighted by molar-refractivity contribution is 5.64. The molecule has 6 nitrogen and oxygen atoms in total. The van der Waals surface area contributed by atoms with Gasteiger partial charge in [-0.15, -0.1) is 0 Å². The summed E-state index contributed by atoms with van der Waals surface area (Å²) >= 11 is 0. The monoisotopic (exact) mass is 582 g/mol. The van der Waals surface area contributed by atoms with Crippen molar-refractivity contribution in [1.82, 2.24) is 0 Å². The molecular weight excluding hydrogens is 528 g/mol. The topological polar surface area (TPSA) is 62.0 Å². The van der Waals surface area contributed by atoms with E-state index in [-0.39, 0.29) is 0 Å². The predicted molar refractivity (Wildman–Crippen MR) is 168 cm³/mol. The molecule has 2 heterocycles. The molecule has 0 amide bonds. The van der Waals surface area contributed by atoms with Crippen LogP contribution in [0.1, 0.15) is 78.1 Å². The number of rotatable bonds is 25. The molecule has 0 spiro atoms. The molecule has 0 N–H and O–H groups in total. The summed E-state index contributed by atoms with van der Waals surface area (Å²) < 4.78 is 33.6. The lowest BCUT2D eigenvalue weighted by Gasteiger charge is -2.12. The van der Waals surface area contributed by atoms with E-state index in [9.17, 15) is 0 Å². The Hall–Kier alpha value is -2.12.